The number of rotatable bonds is 3. The molecule has 0 aliphatic heterocycles. The Balaban J connectivity index is 2.45. The molecule has 2 aliphatic carbocycles. The minimum atomic E-state index is -1.57. The molecule has 0 fully saturated rings. The van der Waals surface area contributed by atoms with E-state index in [0.717, 1.165) is 0 Å². The van der Waals surface area contributed by atoms with E-state index >= 15 is 0 Å². The molecule has 0 saturated heterocycles. The van der Waals surface area contributed by atoms with Crippen LogP contribution >= 0.6 is 0 Å². The van der Waals surface area contributed by atoms with Gasteiger partial charge in [-0.05, 0) is 0 Å². The van der Waals surface area contributed by atoms with Crippen LogP contribution in [0.2, 0.25) is 16.2 Å². The van der Waals surface area contributed by atoms with Gasteiger partial charge in [-0.25, -0.2) is 0 Å². The van der Waals surface area contributed by atoms with Crippen LogP contribution in [0, 0.1) is 0 Å². The third-order valence-corrected chi connectivity index (χ3v) is 27.0. The number of hydrogen-bond donors (Lipinski definition) is 0. The molecule has 0 heterocycles. The van der Waals surface area contributed by atoms with E-state index < -0.39 is 26.8 Å². The predicted octanol–water partition coefficient (Wildman–Crippen LogP) is 5.30. The summed E-state index contributed by atoms with van der Waals surface area (Å²) in [7, 11) is 0. The Morgan fingerprint density at radius 1 is 1.16 bits per heavy atom. The van der Waals surface area contributed by atoms with Gasteiger partial charge in [-0.1, -0.05) is 0 Å². The van der Waals surface area contributed by atoms with Gasteiger partial charge in [0, 0.05) is 0 Å². The summed E-state index contributed by atoms with van der Waals surface area (Å²) in [4.78, 5) is 0. The van der Waals surface area contributed by atoms with Crippen molar-refractivity contribution >= 4 is 5.92 Å². The first-order valence-corrected chi connectivity index (χ1v) is 17.0. The number of allylic oxidation sites excluding steroid dienone is 8. The van der Waals surface area contributed by atoms with Crippen molar-refractivity contribution in [2.45, 2.75) is 57.3 Å². The molecule has 1 unspecified atom stereocenters. The monoisotopic (exact) mass is 349 g/mol. The van der Waals surface area contributed by atoms with Gasteiger partial charge in [0.05, 0.1) is 0 Å². The molecular weight excluding hydrogens is 323 g/mol. The van der Waals surface area contributed by atoms with Gasteiger partial charge in [0.25, 0.3) is 0 Å². The Kier molecular flexibility index (Phi) is 4.43. The van der Waals surface area contributed by atoms with Crippen molar-refractivity contribution in [1.29, 1.82) is 0 Å². The molecular formula is C17H27SiZr. The minimum absolute atomic E-state index is 0.459. The van der Waals surface area contributed by atoms with Gasteiger partial charge in [-0.15, -0.1) is 0 Å². The fourth-order valence-electron chi connectivity index (χ4n) is 3.77. The summed E-state index contributed by atoms with van der Waals surface area (Å²) in [5.74, 6) is -0.563. The fraction of sp³-hybridized carbons (Fsp3) is 0.529. The molecule has 0 radical (unpaired) electrons. The summed E-state index contributed by atoms with van der Waals surface area (Å²) in [5.41, 5.74) is 6.30. The van der Waals surface area contributed by atoms with Crippen LogP contribution in [-0.2, 0) is 20.9 Å². The average molecular weight is 351 g/mol. The van der Waals surface area contributed by atoms with Crippen LogP contribution in [0.1, 0.15) is 41.0 Å². The molecule has 0 N–H and O–H groups in total. The molecule has 1 atom stereocenters. The van der Waals surface area contributed by atoms with E-state index in [1.807, 2.05) is 3.28 Å². The average Bonchev–Trinajstić information content (AvgIpc) is 2.79. The second-order valence-electron chi connectivity index (χ2n) is 6.67. The van der Waals surface area contributed by atoms with E-state index in [1.165, 1.54) is 17.6 Å². The zero-order valence-electron chi connectivity index (χ0n) is 13.5. The SMILES string of the molecule is CC1=CC[C]([Zr]([SiH](C)C)[C]2(C)C=C(C)C(C)=C2C)=C1. The Bertz CT molecular complexity index is 519. The zero-order chi connectivity index (χ0) is 14.4. The van der Waals surface area contributed by atoms with Gasteiger partial charge in [0.1, 0.15) is 0 Å². The molecule has 0 saturated carbocycles. The second kappa shape index (κ2) is 5.45. The Morgan fingerprint density at radius 2 is 1.79 bits per heavy atom. The maximum absolute atomic E-state index is 2.63. The van der Waals surface area contributed by atoms with Gasteiger partial charge in [-0.2, -0.15) is 0 Å². The van der Waals surface area contributed by atoms with E-state index in [0.29, 0.717) is 3.12 Å². The van der Waals surface area contributed by atoms with Crippen molar-refractivity contribution in [2.24, 2.45) is 0 Å². The predicted molar refractivity (Wildman–Crippen MR) is 85.8 cm³/mol. The first-order chi connectivity index (χ1) is 8.77. The summed E-state index contributed by atoms with van der Waals surface area (Å²) in [6, 6.07) is 0. The molecule has 0 aromatic carbocycles. The molecule has 2 heteroatoms. The van der Waals surface area contributed by atoms with Crippen molar-refractivity contribution in [3.63, 3.8) is 0 Å². The van der Waals surface area contributed by atoms with Crippen molar-refractivity contribution < 1.29 is 20.9 Å². The molecule has 0 spiro atoms. The Morgan fingerprint density at radius 3 is 2.16 bits per heavy atom. The molecule has 0 aromatic rings. The molecule has 0 nitrogen and oxygen atoms in total. The van der Waals surface area contributed by atoms with Crippen molar-refractivity contribution in [2.75, 3.05) is 0 Å². The van der Waals surface area contributed by atoms with E-state index in [9.17, 15) is 0 Å². The molecule has 0 amide bonds. The summed E-state index contributed by atoms with van der Waals surface area (Å²) in [6.45, 7) is 17.0. The van der Waals surface area contributed by atoms with Gasteiger partial charge < -0.3 is 0 Å². The molecule has 2 rings (SSSR count). The van der Waals surface area contributed by atoms with Crippen LogP contribution in [0.4, 0.5) is 0 Å². The van der Waals surface area contributed by atoms with Gasteiger partial charge >= 0.3 is 128 Å². The third kappa shape index (κ3) is 2.63. The number of hydrogen-bond acceptors (Lipinski definition) is 0. The second-order valence-corrected chi connectivity index (χ2v) is 27.1. The normalized spacial score (nSPS) is 26.8. The fourth-order valence-corrected chi connectivity index (χ4v) is 28.7. The van der Waals surface area contributed by atoms with E-state index in [2.05, 4.69) is 65.9 Å². The van der Waals surface area contributed by atoms with Crippen molar-refractivity contribution in [3.05, 3.63) is 43.8 Å². The van der Waals surface area contributed by atoms with Crippen LogP contribution in [-0.4, -0.2) is 5.92 Å². The quantitative estimate of drug-likeness (QED) is 0.606. The van der Waals surface area contributed by atoms with Crippen LogP contribution in [0.25, 0.3) is 0 Å². The van der Waals surface area contributed by atoms with E-state index in [4.69, 9.17) is 0 Å². The van der Waals surface area contributed by atoms with Crippen LogP contribution in [0.3, 0.4) is 0 Å². The van der Waals surface area contributed by atoms with Crippen molar-refractivity contribution in [3.8, 4) is 0 Å². The molecule has 0 aromatic heterocycles. The zero-order valence-corrected chi connectivity index (χ0v) is 17.1. The van der Waals surface area contributed by atoms with Crippen LogP contribution in [0.15, 0.2) is 43.8 Å². The molecule has 103 valence electrons. The Labute approximate surface area is 127 Å². The maximum atomic E-state index is 2.63. The Hall–Kier alpha value is 0.0600. The molecule has 2 aliphatic rings. The van der Waals surface area contributed by atoms with Crippen LogP contribution < -0.4 is 0 Å². The van der Waals surface area contributed by atoms with Crippen LogP contribution in [0.5, 0.6) is 0 Å². The standard InChI is InChI=1S/C9H13.C6H7.C2H7Si.Zr/c1-6-5-7(2)9(4)8(6)3;1-6-4-2-3-5-6;1-3-2;/h5H,1-4H3;4-5H,2H2,1H3;3H,1-2H3;. The summed E-state index contributed by atoms with van der Waals surface area (Å²) in [5, 5.41) is 0. The van der Waals surface area contributed by atoms with Crippen molar-refractivity contribution in [1.82, 2.24) is 0 Å². The first kappa shape index (κ1) is 15.4. The molecule has 0 bridgehead atoms. The summed E-state index contributed by atoms with van der Waals surface area (Å²) in [6.07, 6.45) is 8.87. The summed E-state index contributed by atoms with van der Waals surface area (Å²) < 4.78 is 2.34. The first-order valence-electron chi connectivity index (χ1n) is 7.40. The van der Waals surface area contributed by atoms with Gasteiger partial charge in [0.15, 0.2) is 0 Å². The van der Waals surface area contributed by atoms with Gasteiger partial charge in [-0.3, -0.25) is 0 Å². The van der Waals surface area contributed by atoms with E-state index in [-0.39, 0.29) is 0 Å². The third-order valence-electron chi connectivity index (χ3n) is 4.97. The van der Waals surface area contributed by atoms with Gasteiger partial charge in [0.2, 0.25) is 0 Å². The molecule has 19 heavy (non-hydrogen) atoms. The van der Waals surface area contributed by atoms with E-state index in [1.54, 1.807) is 11.1 Å². The topological polar surface area (TPSA) is 0 Å². The summed E-state index contributed by atoms with van der Waals surface area (Å²) >= 11 is -1.57.